The van der Waals surface area contributed by atoms with Crippen molar-refractivity contribution >= 4 is 46.0 Å². The highest BCUT2D eigenvalue weighted by molar-refractivity contribution is 6.30. The van der Waals surface area contributed by atoms with Crippen LogP contribution in [0.2, 0.25) is 5.02 Å². The monoisotopic (exact) mass is 541 g/mol. The Hall–Kier alpha value is -3.97. The summed E-state index contributed by atoms with van der Waals surface area (Å²) in [6, 6.07) is 22.0. The van der Waals surface area contributed by atoms with E-state index in [2.05, 4.69) is 10.6 Å². The molecule has 0 atom stereocenters. The van der Waals surface area contributed by atoms with Crippen LogP contribution in [0.1, 0.15) is 52.0 Å². The van der Waals surface area contributed by atoms with Gasteiger partial charge in [-0.3, -0.25) is 9.59 Å². The summed E-state index contributed by atoms with van der Waals surface area (Å²) in [5, 5.41) is 8.19. The molecule has 4 aromatic rings. The van der Waals surface area contributed by atoms with Crippen molar-refractivity contribution in [3.05, 3.63) is 94.5 Å². The lowest BCUT2D eigenvalue weighted by Gasteiger charge is -2.29. The second-order valence-corrected chi connectivity index (χ2v) is 10.7. The Morgan fingerprint density at radius 1 is 0.872 bits per heavy atom. The van der Waals surface area contributed by atoms with Crippen molar-refractivity contribution < 1.29 is 9.59 Å². The summed E-state index contributed by atoms with van der Waals surface area (Å²) >= 11 is 5.96. The van der Waals surface area contributed by atoms with Gasteiger partial charge in [-0.1, -0.05) is 41.9 Å². The van der Waals surface area contributed by atoms with E-state index in [-0.39, 0.29) is 17.7 Å². The molecule has 1 aliphatic rings. The number of hydrogen-bond donors (Lipinski definition) is 2. The minimum absolute atomic E-state index is 0.197. The number of fused-ring (bicyclic) bond motifs is 1. The molecule has 1 heterocycles. The van der Waals surface area contributed by atoms with E-state index in [4.69, 9.17) is 21.6 Å². The van der Waals surface area contributed by atoms with Crippen LogP contribution in [-0.4, -0.2) is 48.3 Å². The Bertz CT molecular complexity index is 1480. The lowest BCUT2D eigenvalue weighted by Crippen LogP contribution is -2.34. The average molecular weight is 542 g/mol. The van der Waals surface area contributed by atoms with Crippen molar-refractivity contribution in [2.75, 3.05) is 30.9 Å². The maximum Gasteiger partial charge on any atom is 0.252 e. The Kier molecular flexibility index (Phi) is 8.07. The lowest BCUT2D eigenvalue weighted by atomic mass is 9.86. The second kappa shape index (κ2) is 11.8. The van der Waals surface area contributed by atoms with Gasteiger partial charge in [0.2, 0.25) is 5.95 Å². The van der Waals surface area contributed by atoms with Gasteiger partial charge in [0.05, 0.1) is 11.1 Å². The van der Waals surface area contributed by atoms with Crippen molar-refractivity contribution in [1.82, 2.24) is 15.3 Å². The highest BCUT2D eigenvalue weighted by atomic mass is 35.5. The molecule has 0 spiro atoms. The van der Waals surface area contributed by atoms with E-state index < -0.39 is 0 Å². The molecule has 0 bridgehead atoms. The number of carbonyl (C=O) groups excluding carboxylic acids is 2. The maximum atomic E-state index is 13.1. The molecule has 1 aliphatic carbocycles. The van der Waals surface area contributed by atoms with E-state index in [9.17, 15) is 9.59 Å². The number of halogens is 1. The largest absolute Gasteiger partial charge is 0.362 e. The number of amides is 1. The molecule has 0 unspecified atom stereocenters. The zero-order chi connectivity index (χ0) is 27.4. The fraction of sp³-hybridized carbons (Fsp3) is 0.290. The van der Waals surface area contributed by atoms with E-state index in [0.717, 1.165) is 42.4 Å². The number of aromatic nitrogens is 2. The molecule has 0 saturated heterocycles. The zero-order valence-corrected chi connectivity index (χ0v) is 22.9. The Labute approximate surface area is 233 Å². The van der Waals surface area contributed by atoms with Crippen LogP contribution in [0.15, 0.2) is 72.8 Å². The molecule has 5 rings (SSSR count). The van der Waals surface area contributed by atoms with Gasteiger partial charge >= 0.3 is 0 Å². The number of benzene rings is 3. The van der Waals surface area contributed by atoms with Crippen LogP contribution < -0.4 is 15.5 Å². The van der Waals surface area contributed by atoms with Gasteiger partial charge in [-0.15, -0.1) is 0 Å². The van der Waals surface area contributed by atoms with Crippen LogP contribution >= 0.6 is 11.6 Å². The summed E-state index contributed by atoms with van der Waals surface area (Å²) in [5.41, 5.74) is 2.19. The van der Waals surface area contributed by atoms with Crippen LogP contribution in [0.3, 0.4) is 0 Å². The molecule has 2 N–H and O–H groups in total. The first-order chi connectivity index (χ1) is 18.9. The Balaban J connectivity index is 1.17. The molecular formula is C31H32ClN5O2. The number of para-hydroxylation sites is 1. The van der Waals surface area contributed by atoms with Gasteiger partial charge in [-0.25, -0.2) is 4.98 Å². The molecule has 0 aliphatic heterocycles. The van der Waals surface area contributed by atoms with Crippen LogP contribution in [0.5, 0.6) is 0 Å². The van der Waals surface area contributed by atoms with Crippen molar-refractivity contribution in [1.29, 1.82) is 0 Å². The third-order valence-corrected chi connectivity index (χ3v) is 7.51. The minimum Gasteiger partial charge on any atom is -0.362 e. The first-order valence-electron chi connectivity index (χ1n) is 13.3. The second-order valence-electron chi connectivity index (χ2n) is 10.2. The quantitative estimate of drug-likeness (QED) is 0.267. The first-order valence-corrected chi connectivity index (χ1v) is 13.6. The number of nitrogens with zero attached hydrogens (tertiary/aromatic N) is 3. The number of rotatable bonds is 8. The smallest absolute Gasteiger partial charge is 0.252 e. The van der Waals surface area contributed by atoms with Gasteiger partial charge in [0.15, 0.2) is 5.78 Å². The van der Waals surface area contributed by atoms with Crippen LogP contribution in [-0.2, 0) is 0 Å². The maximum absolute atomic E-state index is 13.1. The van der Waals surface area contributed by atoms with Crippen molar-refractivity contribution in [2.45, 2.75) is 31.7 Å². The molecule has 8 heteroatoms. The SMILES string of the molecule is CN(C)c1nc(N[C@H]2CC[C@@H](CNC(=O)c3ccccc3C(=O)c3ccc(Cl)cc3)CC2)nc2ccccc12. The highest BCUT2D eigenvalue weighted by Crippen LogP contribution is 2.28. The number of anilines is 2. The molecule has 3 aromatic carbocycles. The zero-order valence-electron chi connectivity index (χ0n) is 22.2. The summed E-state index contributed by atoms with van der Waals surface area (Å²) in [6.07, 6.45) is 3.91. The molecule has 7 nitrogen and oxygen atoms in total. The van der Waals surface area contributed by atoms with Gasteiger partial charge in [-0.05, 0) is 74.1 Å². The van der Waals surface area contributed by atoms with Gasteiger partial charge in [0, 0.05) is 48.2 Å². The van der Waals surface area contributed by atoms with E-state index in [1.807, 2.05) is 43.3 Å². The summed E-state index contributed by atoms with van der Waals surface area (Å²) in [4.78, 5) is 37.7. The number of ketones is 1. The highest BCUT2D eigenvalue weighted by Gasteiger charge is 2.24. The fourth-order valence-corrected chi connectivity index (χ4v) is 5.25. The Morgan fingerprint density at radius 2 is 1.54 bits per heavy atom. The van der Waals surface area contributed by atoms with Crippen LogP contribution in [0, 0.1) is 5.92 Å². The standard InChI is InChI=1S/C31H32ClN5O2/c1-37(2)29-26-9-5-6-10-27(26)35-31(36-29)34-23-17-11-20(12-18-23)19-33-30(39)25-8-4-3-7-24(25)28(38)21-13-15-22(32)16-14-21/h3-10,13-16,20,23H,11-12,17-19H2,1-2H3,(H,33,39)(H,34,35,36)/t20-,23+. The van der Waals surface area contributed by atoms with Gasteiger partial charge < -0.3 is 15.5 Å². The molecule has 1 fully saturated rings. The predicted molar refractivity (Wildman–Crippen MR) is 157 cm³/mol. The van der Waals surface area contributed by atoms with Crippen LogP contribution in [0.4, 0.5) is 11.8 Å². The summed E-state index contributed by atoms with van der Waals surface area (Å²) in [5.74, 6) is 1.50. The number of hydrogen-bond acceptors (Lipinski definition) is 6. The normalized spacial score (nSPS) is 17.0. The minimum atomic E-state index is -0.228. The third-order valence-electron chi connectivity index (χ3n) is 7.26. The summed E-state index contributed by atoms with van der Waals surface area (Å²) < 4.78 is 0. The van der Waals surface area contributed by atoms with E-state index in [1.165, 1.54) is 0 Å². The van der Waals surface area contributed by atoms with E-state index in [0.29, 0.717) is 40.1 Å². The molecule has 0 radical (unpaired) electrons. The van der Waals surface area contributed by atoms with Gasteiger partial charge in [0.25, 0.3) is 5.91 Å². The van der Waals surface area contributed by atoms with E-state index in [1.54, 1.807) is 48.5 Å². The fourth-order valence-electron chi connectivity index (χ4n) is 5.13. The number of carbonyl (C=O) groups is 2. The summed E-state index contributed by atoms with van der Waals surface area (Å²) in [7, 11) is 3.98. The van der Waals surface area contributed by atoms with Gasteiger partial charge in [0.1, 0.15) is 5.82 Å². The molecule has 1 amide bonds. The number of nitrogens with one attached hydrogen (secondary N) is 2. The van der Waals surface area contributed by atoms with Crippen molar-refractivity contribution in [3.8, 4) is 0 Å². The van der Waals surface area contributed by atoms with Crippen molar-refractivity contribution in [2.24, 2.45) is 5.92 Å². The molecule has 39 heavy (non-hydrogen) atoms. The molecular weight excluding hydrogens is 510 g/mol. The third kappa shape index (κ3) is 6.20. The average Bonchev–Trinajstić information content (AvgIpc) is 2.96. The first kappa shape index (κ1) is 26.6. The molecule has 200 valence electrons. The summed E-state index contributed by atoms with van der Waals surface area (Å²) in [6.45, 7) is 0.576. The van der Waals surface area contributed by atoms with Crippen LogP contribution in [0.25, 0.3) is 10.9 Å². The topological polar surface area (TPSA) is 87.2 Å². The van der Waals surface area contributed by atoms with Gasteiger partial charge in [-0.2, -0.15) is 4.98 Å². The predicted octanol–water partition coefficient (Wildman–Crippen LogP) is 5.98. The molecule has 1 saturated carbocycles. The Morgan fingerprint density at radius 3 is 2.26 bits per heavy atom. The van der Waals surface area contributed by atoms with Crippen molar-refractivity contribution in [3.63, 3.8) is 0 Å². The molecule has 1 aromatic heterocycles. The lowest BCUT2D eigenvalue weighted by molar-refractivity contribution is 0.0933. The van der Waals surface area contributed by atoms with E-state index >= 15 is 0 Å².